The molecule has 4 heteroatoms. The Labute approximate surface area is 125 Å². The summed E-state index contributed by atoms with van der Waals surface area (Å²) in [6.45, 7) is 2.08. The molecule has 112 valence electrons. The lowest BCUT2D eigenvalue weighted by molar-refractivity contribution is 0.395. The van der Waals surface area contributed by atoms with Crippen LogP contribution in [0.4, 0.5) is 5.69 Å². The van der Waals surface area contributed by atoms with Crippen LogP contribution in [0.1, 0.15) is 18.5 Å². The topological polar surface area (TPSA) is 39.7 Å². The summed E-state index contributed by atoms with van der Waals surface area (Å²) in [6.07, 6.45) is 0. The molecule has 1 atom stereocenters. The number of anilines is 1. The van der Waals surface area contributed by atoms with Crippen LogP contribution in [0, 0.1) is 0 Å². The number of hydrogen-bond donors (Lipinski definition) is 1. The molecule has 0 aromatic heterocycles. The summed E-state index contributed by atoms with van der Waals surface area (Å²) in [5, 5.41) is 3.44. The normalized spacial score (nSPS) is 11.6. The van der Waals surface area contributed by atoms with Crippen molar-refractivity contribution < 1.29 is 14.2 Å². The third kappa shape index (κ3) is 3.40. The van der Waals surface area contributed by atoms with Gasteiger partial charge in [-0.2, -0.15) is 0 Å². The highest BCUT2D eigenvalue weighted by Gasteiger charge is 2.13. The Morgan fingerprint density at radius 1 is 0.857 bits per heavy atom. The van der Waals surface area contributed by atoms with Gasteiger partial charge in [-0.3, -0.25) is 0 Å². The molecular weight excluding hydrogens is 266 g/mol. The first-order valence-electron chi connectivity index (χ1n) is 6.81. The second-order valence-corrected chi connectivity index (χ2v) is 4.67. The summed E-state index contributed by atoms with van der Waals surface area (Å²) in [5.41, 5.74) is 2.01. The van der Waals surface area contributed by atoms with Gasteiger partial charge in [0.25, 0.3) is 0 Å². The first-order valence-corrected chi connectivity index (χ1v) is 6.81. The van der Waals surface area contributed by atoms with E-state index in [1.807, 2.05) is 42.5 Å². The van der Waals surface area contributed by atoms with E-state index in [4.69, 9.17) is 14.2 Å². The van der Waals surface area contributed by atoms with Gasteiger partial charge in [-0.15, -0.1) is 0 Å². The summed E-state index contributed by atoms with van der Waals surface area (Å²) in [5.74, 6) is 2.38. The molecule has 0 spiro atoms. The van der Waals surface area contributed by atoms with Crippen molar-refractivity contribution in [1.29, 1.82) is 0 Å². The number of methoxy groups -OCH3 is 3. The van der Waals surface area contributed by atoms with E-state index >= 15 is 0 Å². The van der Waals surface area contributed by atoms with Gasteiger partial charge in [0, 0.05) is 11.6 Å². The molecular formula is C17H21NO3. The van der Waals surface area contributed by atoms with Gasteiger partial charge in [-0.1, -0.05) is 18.2 Å². The zero-order chi connectivity index (χ0) is 15.2. The Kier molecular flexibility index (Phi) is 4.93. The fourth-order valence-electron chi connectivity index (χ4n) is 2.25. The Morgan fingerprint density at radius 3 is 2.24 bits per heavy atom. The average Bonchev–Trinajstić information content (AvgIpc) is 2.55. The lowest BCUT2D eigenvalue weighted by atomic mass is 10.1. The van der Waals surface area contributed by atoms with E-state index in [1.54, 1.807) is 21.3 Å². The van der Waals surface area contributed by atoms with Crippen LogP contribution < -0.4 is 19.5 Å². The smallest absolute Gasteiger partial charge is 0.145 e. The van der Waals surface area contributed by atoms with Gasteiger partial charge in [-0.25, -0.2) is 0 Å². The molecule has 2 aromatic carbocycles. The molecule has 0 fully saturated rings. The summed E-state index contributed by atoms with van der Waals surface area (Å²) in [6, 6.07) is 13.8. The zero-order valence-electron chi connectivity index (χ0n) is 12.8. The lowest BCUT2D eigenvalue weighted by Gasteiger charge is -2.20. The second kappa shape index (κ2) is 6.88. The molecule has 1 N–H and O–H groups in total. The second-order valence-electron chi connectivity index (χ2n) is 4.67. The van der Waals surface area contributed by atoms with Gasteiger partial charge >= 0.3 is 0 Å². The number of hydrogen-bond acceptors (Lipinski definition) is 4. The number of nitrogens with one attached hydrogen (secondary N) is 1. The first kappa shape index (κ1) is 15.0. The molecule has 0 aliphatic rings. The molecule has 0 saturated heterocycles. The van der Waals surface area contributed by atoms with E-state index in [2.05, 4.69) is 12.2 Å². The van der Waals surface area contributed by atoms with Crippen LogP contribution in [-0.4, -0.2) is 21.3 Å². The minimum Gasteiger partial charge on any atom is -0.497 e. The van der Waals surface area contributed by atoms with Crippen LogP contribution in [0.5, 0.6) is 17.2 Å². The van der Waals surface area contributed by atoms with Gasteiger partial charge in [0.2, 0.25) is 0 Å². The van der Waals surface area contributed by atoms with Crippen LogP contribution in [0.15, 0.2) is 42.5 Å². The predicted molar refractivity (Wildman–Crippen MR) is 84.6 cm³/mol. The highest BCUT2D eigenvalue weighted by Crippen LogP contribution is 2.33. The maximum absolute atomic E-state index is 5.41. The van der Waals surface area contributed by atoms with E-state index < -0.39 is 0 Å². The van der Waals surface area contributed by atoms with E-state index in [0.717, 1.165) is 28.5 Å². The fourth-order valence-corrected chi connectivity index (χ4v) is 2.25. The quantitative estimate of drug-likeness (QED) is 0.875. The SMILES string of the molecule is COc1ccc(NC(C)c2ccccc2OC)c(OC)c1. The van der Waals surface area contributed by atoms with Crippen molar-refractivity contribution in [1.82, 2.24) is 0 Å². The average molecular weight is 287 g/mol. The van der Waals surface area contributed by atoms with Gasteiger partial charge < -0.3 is 19.5 Å². The summed E-state index contributed by atoms with van der Waals surface area (Å²) in [4.78, 5) is 0. The highest BCUT2D eigenvalue weighted by molar-refractivity contribution is 5.60. The summed E-state index contributed by atoms with van der Waals surface area (Å²) >= 11 is 0. The molecule has 4 nitrogen and oxygen atoms in total. The van der Waals surface area contributed by atoms with Crippen molar-refractivity contribution >= 4 is 5.69 Å². The third-order valence-corrected chi connectivity index (χ3v) is 3.39. The van der Waals surface area contributed by atoms with Gasteiger partial charge in [0.1, 0.15) is 17.2 Å². The lowest BCUT2D eigenvalue weighted by Crippen LogP contribution is -2.09. The molecule has 2 rings (SSSR count). The van der Waals surface area contributed by atoms with E-state index in [0.29, 0.717) is 0 Å². The number of rotatable bonds is 6. The Bertz CT molecular complexity index is 598. The van der Waals surface area contributed by atoms with Crippen molar-refractivity contribution in [2.45, 2.75) is 13.0 Å². The third-order valence-electron chi connectivity index (χ3n) is 3.39. The van der Waals surface area contributed by atoms with Crippen LogP contribution in [-0.2, 0) is 0 Å². The van der Waals surface area contributed by atoms with Crippen molar-refractivity contribution in [2.24, 2.45) is 0 Å². The molecule has 0 bridgehead atoms. The van der Waals surface area contributed by atoms with Gasteiger partial charge in [-0.05, 0) is 25.1 Å². The Balaban J connectivity index is 2.25. The van der Waals surface area contributed by atoms with Crippen LogP contribution in [0.25, 0.3) is 0 Å². The summed E-state index contributed by atoms with van der Waals surface area (Å²) in [7, 11) is 4.96. The standard InChI is InChI=1S/C17H21NO3/c1-12(14-7-5-6-8-16(14)20-3)18-15-10-9-13(19-2)11-17(15)21-4/h5-12,18H,1-4H3. The highest BCUT2D eigenvalue weighted by atomic mass is 16.5. The van der Waals surface area contributed by atoms with Crippen LogP contribution in [0.2, 0.25) is 0 Å². The minimum absolute atomic E-state index is 0.0865. The molecule has 21 heavy (non-hydrogen) atoms. The number of para-hydroxylation sites is 1. The molecule has 0 radical (unpaired) electrons. The first-order chi connectivity index (χ1) is 10.2. The minimum atomic E-state index is 0.0865. The van der Waals surface area contributed by atoms with Crippen molar-refractivity contribution in [2.75, 3.05) is 26.6 Å². The van der Waals surface area contributed by atoms with Crippen molar-refractivity contribution in [3.8, 4) is 17.2 Å². The summed E-state index contributed by atoms with van der Waals surface area (Å²) < 4.78 is 16.0. The molecule has 0 aliphatic heterocycles. The Hall–Kier alpha value is -2.36. The molecule has 0 saturated carbocycles. The zero-order valence-corrected chi connectivity index (χ0v) is 12.8. The molecule has 1 unspecified atom stereocenters. The van der Waals surface area contributed by atoms with Crippen LogP contribution >= 0.6 is 0 Å². The van der Waals surface area contributed by atoms with Crippen molar-refractivity contribution in [3.63, 3.8) is 0 Å². The monoisotopic (exact) mass is 287 g/mol. The molecule has 0 heterocycles. The van der Waals surface area contributed by atoms with Crippen LogP contribution in [0.3, 0.4) is 0 Å². The van der Waals surface area contributed by atoms with Gasteiger partial charge in [0.15, 0.2) is 0 Å². The van der Waals surface area contributed by atoms with Gasteiger partial charge in [0.05, 0.1) is 33.1 Å². The maximum atomic E-state index is 5.41. The molecule has 0 aliphatic carbocycles. The predicted octanol–water partition coefficient (Wildman–Crippen LogP) is 3.89. The van der Waals surface area contributed by atoms with E-state index in [-0.39, 0.29) is 6.04 Å². The molecule has 2 aromatic rings. The number of benzene rings is 2. The van der Waals surface area contributed by atoms with E-state index in [9.17, 15) is 0 Å². The van der Waals surface area contributed by atoms with Crippen molar-refractivity contribution in [3.05, 3.63) is 48.0 Å². The maximum Gasteiger partial charge on any atom is 0.145 e. The Morgan fingerprint density at radius 2 is 1.57 bits per heavy atom. The van der Waals surface area contributed by atoms with E-state index in [1.165, 1.54) is 0 Å². The molecule has 0 amide bonds. The largest absolute Gasteiger partial charge is 0.497 e. The number of ether oxygens (including phenoxy) is 3. The fraction of sp³-hybridized carbons (Fsp3) is 0.294.